The Morgan fingerprint density at radius 1 is 1.03 bits per heavy atom. The van der Waals surface area contributed by atoms with Crippen molar-refractivity contribution in [3.63, 3.8) is 0 Å². The number of hydrogen-bond donors (Lipinski definition) is 1. The van der Waals surface area contributed by atoms with E-state index in [0.29, 0.717) is 19.6 Å². The van der Waals surface area contributed by atoms with Gasteiger partial charge in [0.2, 0.25) is 17.7 Å². The van der Waals surface area contributed by atoms with Crippen LogP contribution in [0.5, 0.6) is 0 Å². The third-order valence-corrected chi connectivity index (χ3v) is 10.3. The Morgan fingerprint density at radius 3 is 2.27 bits per heavy atom. The van der Waals surface area contributed by atoms with Crippen LogP contribution in [0.15, 0.2) is 24.3 Å². The van der Waals surface area contributed by atoms with Crippen molar-refractivity contribution in [3.8, 4) is 0 Å². The minimum Gasteiger partial charge on any atom is -0.394 e. The molecule has 1 unspecified atom stereocenters. The van der Waals surface area contributed by atoms with Crippen LogP contribution in [0.25, 0.3) is 0 Å². The fraction of sp³-hybridized carbons (Fsp3) is 0.759. The standard InChI is InChI=1S/C29H45N3O4S/c1-9-14-30-15-10-12-28(8)20(23(30)34)21-24(35)32(19(2)17-33)22-25(36)31(16-11-13-29(21,22)37-28)27(6,7)18-26(3,4)5/h10-13,19-22,33H,9,14-18H2,1-8H3/t19-,20-,21+,22?,28+,29+/m1/s1. The van der Waals surface area contributed by atoms with Crippen molar-refractivity contribution < 1.29 is 19.5 Å². The summed E-state index contributed by atoms with van der Waals surface area (Å²) in [5.74, 6) is -1.53. The van der Waals surface area contributed by atoms with E-state index in [4.69, 9.17) is 0 Å². The van der Waals surface area contributed by atoms with Gasteiger partial charge in [0.25, 0.3) is 0 Å². The molecule has 1 spiro atoms. The first-order valence-corrected chi connectivity index (χ1v) is 14.5. The molecule has 0 radical (unpaired) electrons. The van der Waals surface area contributed by atoms with Gasteiger partial charge < -0.3 is 19.8 Å². The second-order valence-corrected chi connectivity index (χ2v) is 15.2. The highest BCUT2D eigenvalue weighted by molar-refractivity contribution is 8.02. The highest BCUT2D eigenvalue weighted by Crippen LogP contribution is 2.66. The summed E-state index contributed by atoms with van der Waals surface area (Å²) in [5.41, 5.74) is -0.433. The number of thioether (sulfide) groups is 1. The summed E-state index contributed by atoms with van der Waals surface area (Å²) in [6.45, 7) is 18.0. The fourth-order valence-corrected chi connectivity index (χ4v) is 9.63. The van der Waals surface area contributed by atoms with Gasteiger partial charge in [0, 0.05) is 29.9 Å². The summed E-state index contributed by atoms with van der Waals surface area (Å²) in [5, 5.41) is 10.2. The first-order valence-electron chi connectivity index (χ1n) is 13.7. The van der Waals surface area contributed by atoms with Crippen LogP contribution < -0.4 is 0 Å². The lowest BCUT2D eigenvalue weighted by Crippen LogP contribution is -2.60. The van der Waals surface area contributed by atoms with E-state index >= 15 is 0 Å². The third kappa shape index (κ3) is 4.46. The SMILES string of the molecule is CCCN1CC=C[C@]2(C)S[C@]34C=CCN(C(C)(C)CC(C)(C)C)C(=O)C3N([C@H](C)CO)C(=O)[C@@H]4[C@@H]2C1=O. The smallest absolute Gasteiger partial charge is 0.247 e. The van der Waals surface area contributed by atoms with Gasteiger partial charge in [-0.15, -0.1) is 11.8 Å². The molecule has 4 aliphatic rings. The number of fused-ring (bicyclic) bond motifs is 2. The average Bonchev–Trinajstić information content (AvgIpc) is 3.05. The van der Waals surface area contributed by atoms with Gasteiger partial charge in [-0.2, -0.15) is 0 Å². The Labute approximate surface area is 226 Å². The summed E-state index contributed by atoms with van der Waals surface area (Å²) in [6.07, 6.45) is 9.88. The summed E-state index contributed by atoms with van der Waals surface area (Å²) < 4.78 is -1.48. The minimum absolute atomic E-state index is 0.00627. The molecule has 0 aliphatic carbocycles. The van der Waals surface area contributed by atoms with Gasteiger partial charge >= 0.3 is 0 Å². The number of likely N-dealkylation sites (tertiary alicyclic amines) is 1. The van der Waals surface area contributed by atoms with E-state index < -0.39 is 39.0 Å². The van der Waals surface area contributed by atoms with Gasteiger partial charge in [0.1, 0.15) is 6.04 Å². The Morgan fingerprint density at radius 2 is 1.68 bits per heavy atom. The molecule has 2 fully saturated rings. The number of aliphatic hydroxyl groups excluding tert-OH is 1. The average molecular weight is 532 g/mol. The van der Waals surface area contributed by atoms with Crippen LogP contribution in [-0.2, 0) is 14.4 Å². The Kier molecular flexibility index (Phi) is 7.20. The van der Waals surface area contributed by atoms with Gasteiger partial charge in [-0.3, -0.25) is 14.4 Å². The minimum atomic E-state index is -0.876. The van der Waals surface area contributed by atoms with Crippen molar-refractivity contribution >= 4 is 29.5 Å². The largest absolute Gasteiger partial charge is 0.394 e. The van der Waals surface area contributed by atoms with Crippen LogP contribution in [0.3, 0.4) is 0 Å². The summed E-state index contributed by atoms with van der Waals surface area (Å²) >= 11 is 1.60. The molecule has 6 atom stereocenters. The molecule has 0 bridgehead atoms. The van der Waals surface area contributed by atoms with E-state index in [1.807, 2.05) is 35.8 Å². The molecule has 1 N–H and O–H groups in total. The van der Waals surface area contributed by atoms with Gasteiger partial charge in [-0.1, -0.05) is 52.0 Å². The number of nitrogens with zero attached hydrogens (tertiary/aromatic N) is 3. The van der Waals surface area contributed by atoms with E-state index in [2.05, 4.69) is 46.8 Å². The molecule has 206 valence electrons. The van der Waals surface area contributed by atoms with Crippen molar-refractivity contribution in [1.29, 1.82) is 0 Å². The predicted octanol–water partition coefficient (Wildman–Crippen LogP) is 3.48. The quantitative estimate of drug-likeness (QED) is 0.531. The highest BCUT2D eigenvalue weighted by atomic mass is 32.2. The normalized spacial score (nSPS) is 34.9. The molecule has 0 aromatic rings. The van der Waals surface area contributed by atoms with Gasteiger partial charge in [-0.25, -0.2) is 0 Å². The maximum absolute atomic E-state index is 14.6. The third-order valence-electron chi connectivity index (χ3n) is 8.50. The zero-order valence-corrected chi connectivity index (χ0v) is 24.6. The van der Waals surface area contributed by atoms with E-state index in [1.54, 1.807) is 23.6 Å². The molecule has 4 heterocycles. The van der Waals surface area contributed by atoms with Crippen LogP contribution in [0, 0.1) is 17.3 Å². The molecule has 8 heteroatoms. The number of carbonyl (C=O) groups is 3. The van der Waals surface area contributed by atoms with Crippen LogP contribution in [0.4, 0.5) is 0 Å². The molecule has 0 aromatic heterocycles. The van der Waals surface area contributed by atoms with E-state index in [9.17, 15) is 19.5 Å². The number of amides is 3. The lowest BCUT2D eigenvalue weighted by Gasteiger charge is -2.45. The Hall–Kier alpha value is -1.80. The van der Waals surface area contributed by atoms with Gasteiger partial charge in [0.05, 0.1) is 29.2 Å². The van der Waals surface area contributed by atoms with Crippen LogP contribution >= 0.6 is 11.8 Å². The lowest BCUT2D eigenvalue weighted by molar-refractivity contribution is -0.149. The second-order valence-electron chi connectivity index (χ2n) is 13.4. The zero-order chi connectivity index (χ0) is 27.6. The highest BCUT2D eigenvalue weighted by Gasteiger charge is 2.74. The Balaban J connectivity index is 1.86. The first-order chi connectivity index (χ1) is 17.1. The van der Waals surface area contributed by atoms with Crippen molar-refractivity contribution in [3.05, 3.63) is 24.3 Å². The van der Waals surface area contributed by atoms with E-state index in [-0.39, 0.29) is 29.7 Å². The monoisotopic (exact) mass is 531 g/mol. The first kappa shape index (κ1) is 28.2. The number of rotatable bonds is 6. The molecule has 4 aliphatic heterocycles. The fourth-order valence-electron chi connectivity index (χ4n) is 7.48. The van der Waals surface area contributed by atoms with Crippen LogP contribution in [0.1, 0.15) is 68.2 Å². The molecule has 37 heavy (non-hydrogen) atoms. The van der Waals surface area contributed by atoms with E-state index in [1.165, 1.54) is 0 Å². The van der Waals surface area contributed by atoms with Gasteiger partial charge in [-0.05, 0) is 46.0 Å². The van der Waals surface area contributed by atoms with E-state index in [0.717, 1.165) is 12.8 Å². The second kappa shape index (κ2) is 9.44. The van der Waals surface area contributed by atoms with Crippen LogP contribution in [0.2, 0.25) is 0 Å². The number of aliphatic hydroxyl groups is 1. The maximum Gasteiger partial charge on any atom is 0.247 e. The van der Waals surface area contributed by atoms with Crippen molar-refractivity contribution in [2.75, 3.05) is 26.2 Å². The predicted molar refractivity (Wildman–Crippen MR) is 148 cm³/mol. The summed E-state index contributed by atoms with van der Waals surface area (Å²) in [7, 11) is 0. The molecule has 3 amide bonds. The molecule has 7 nitrogen and oxygen atoms in total. The molecular formula is C29H45N3O4S. The number of hydrogen-bond acceptors (Lipinski definition) is 5. The van der Waals surface area contributed by atoms with Crippen molar-refractivity contribution in [2.24, 2.45) is 17.3 Å². The van der Waals surface area contributed by atoms with Crippen molar-refractivity contribution in [1.82, 2.24) is 14.7 Å². The maximum atomic E-state index is 14.6. The number of carbonyl (C=O) groups excluding carboxylic acids is 3. The lowest BCUT2D eigenvalue weighted by atomic mass is 9.74. The topological polar surface area (TPSA) is 81.2 Å². The molecule has 0 aromatic carbocycles. The molecular weight excluding hydrogens is 486 g/mol. The molecule has 4 rings (SSSR count). The Bertz CT molecular complexity index is 1020. The summed E-state index contributed by atoms with van der Waals surface area (Å²) in [6, 6.07) is -1.31. The molecule has 0 saturated carbocycles. The summed E-state index contributed by atoms with van der Waals surface area (Å²) in [4.78, 5) is 48.3. The van der Waals surface area contributed by atoms with Gasteiger partial charge in [0.15, 0.2) is 0 Å². The van der Waals surface area contributed by atoms with Crippen molar-refractivity contribution in [2.45, 2.75) is 95.3 Å². The molecule has 2 saturated heterocycles. The van der Waals surface area contributed by atoms with Crippen LogP contribution in [-0.4, -0.2) is 90.9 Å². The zero-order valence-electron chi connectivity index (χ0n) is 23.8.